The summed E-state index contributed by atoms with van der Waals surface area (Å²) in [6.45, 7) is 3.95. The van der Waals surface area contributed by atoms with Crippen molar-refractivity contribution in [2.75, 3.05) is 0 Å². The molecule has 3 aromatic rings. The van der Waals surface area contributed by atoms with Gasteiger partial charge in [0.1, 0.15) is 11.6 Å². The first kappa shape index (κ1) is 14.9. The zero-order valence-electron chi connectivity index (χ0n) is 13.2. The zero-order chi connectivity index (χ0) is 16.6. The van der Waals surface area contributed by atoms with Crippen LogP contribution in [-0.4, -0.2) is 30.9 Å². The number of aromatic hydroxyl groups is 1. The van der Waals surface area contributed by atoms with Crippen molar-refractivity contribution in [3.63, 3.8) is 0 Å². The number of benzene rings is 1. The lowest BCUT2D eigenvalue weighted by Gasteiger charge is -2.13. The third-order valence-electron chi connectivity index (χ3n) is 3.88. The number of aromatic nitrogens is 3. The van der Waals surface area contributed by atoms with Gasteiger partial charge in [-0.3, -0.25) is 9.25 Å². The van der Waals surface area contributed by atoms with E-state index in [0.717, 1.165) is 33.9 Å². The van der Waals surface area contributed by atoms with Gasteiger partial charge in [0.05, 0.1) is 23.8 Å². The van der Waals surface area contributed by atoms with Crippen molar-refractivity contribution in [3.05, 3.63) is 53.3 Å². The Kier molecular flexibility index (Phi) is 3.65. The summed E-state index contributed by atoms with van der Waals surface area (Å²) in [6, 6.07) is 9.03. The lowest BCUT2D eigenvalue weighted by molar-refractivity contribution is 0.321. The summed E-state index contributed by atoms with van der Waals surface area (Å²) in [5, 5.41) is 26.0. The molecule has 0 saturated heterocycles. The standard InChI is InChI=1S/C17H18N4O2/c1-11-8-15(13-4-6-14(22)7-5-13)21(16(11)10-19-23)17-12(2)9-18-20(17)3/h4-10,22-23H,1-3H3. The average molecular weight is 310 g/mol. The first-order valence-electron chi connectivity index (χ1n) is 7.21. The Labute approximate surface area is 133 Å². The summed E-state index contributed by atoms with van der Waals surface area (Å²) < 4.78 is 3.79. The quantitative estimate of drug-likeness (QED) is 0.443. The van der Waals surface area contributed by atoms with Crippen molar-refractivity contribution >= 4 is 6.21 Å². The van der Waals surface area contributed by atoms with Gasteiger partial charge in [-0.25, -0.2) is 0 Å². The van der Waals surface area contributed by atoms with Crippen molar-refractivity contribution in [2.45, 2.75) is 13.8 Å². The van der Waals surface area contributed by atoms with Crippen LogP contribution in [0.25, 0.3) is 17.1 Å². The molecule has 0 atom stereocenters. The summed E-state index contributed by atoms with van der Waals surface area (Å²) in [7, 11) is 1.87. The molecule has 0 fully saturated rings. The normalized spacial score (nSPS) is 11.4. The maximum absolute atomic E-state index is 9.51. The minimum atomic E-state index is 0.220. The molecule has 2 aromatic heterocycles. The molecule has 2 N–H and O–H groups in total. The monoisotopic (exact) mass is 310 g/mol. The molecule has 0 amide bonds. The third kappa shape index (κ3) is 2.48. The minimum absolute atomic E-state index is 0.220. The fraction of sp³-hybridized carbons (Fsp3) is 0.176. The maximum Gasteiger partial charge on any atom is 0.138 e. The van der Waals surface area contributed by atoms with Gasteiger partial charge in [-0.1, -0.05) is 5.16 Å². The van der Waals surface area contributed by atoms with Crippen LogP contribution in [0.5, 0.6) is 5.75 Å². The molecular formula is C17H18N4O2. The van der Waals surface area contributed by atoms with Gasteiger partial charge in [-0.15, -0.1) is 0 Å². The SMILES string of the molecule is Cc1cnn(C)c1-n1c(-c2ccc(O)cc2)cc(C)c1C=NO. The minimum Gasteiger partial charge on any atom is -0.508 e. The van der Waals surface area contributed by atoms with Crippen molar-refractivity contribution in [3.8, 4) is 22.8 Å². The Balaban J connectivity index is 2.33. The molecule has 0 spiro atoms. The van der Waals surface area contributed by atoms with Crippen LogP contribution >= 0.6 is 0 Å². The van der Waals surface area contributed by atoms with Gasteiger partial charge < -0.3 is 10.3 Å². The molecule has 0 radical (unpaired) electrons. The Morgan fingerprint density at radius 2 is 1.83 bits per heavy atom. The number of aryl methyl sites for hydroxylation is 3. The van der Waals surface area contributed by atoms with E-state index >= 15 is 0 Å². The molecule has 0 saturated carbocycles. The van der Waals surface area contributed by atoms with E-state index in [1.807, 2.05) is 43.7 Å². The third-order valence-corrected chi connectivity index (χ3v) is 3.88. The van der Waals surface area contributed by atoms with Gasteiger partial charge in [-0.05, 0) is 55.3 Å². The van der Waals surface area contributed by atoms with Crippen molar-refractivity contribution in [1.82, 2.24) is 14.3 Å². The lowest BCUT2D eigenvalue weighted by atomic mass is 10.1. The van der Waals surface area contributed by atoms with Crippen LogP contribution in [0.15, 0.2) is 41.7 Å². The molecule has 0 aliphatic rings. The zero-order valence-corrected chi connectivity index (χ0v) is 13.2. The molecular weight excluding hydrogens is 292 g/mol. The van der Waals surface area contributed by atoms with Gasteiger partial charge >= 0.3 is 0 Å². The number of nitrogens with zero attached hydrogens (tertiary/aromatic N) is 4. The van der Waals surface area contributed by atoms with Gasteiger partial charge in [0.2, 0.25) is 0 Å². The average Bonchev–Trinajstić information content (AvgIpc) is 3.01. The first-order chi connectivity index (χ1) is 11.0. The summed E-state index contributed by atoms with van der Waals surface area (Å²) in [5.74, 6) is 1.12. The number of oxime groups is 1. The smallest absolute Gasteiger partial charge is 0.138 e. The van der Waals surface area contributed by atoms with Crippen molar-refractivity contribution < 1.29 is 10.3 Å². The summed E-state index contributed by atoms with van der Waals surface area (Å²) in [4.78, 5) is 0. The second-order valence-corrected chi connectivity index (χ2v) is 5.50. The van der Waals surface area contributed by atoms with E-state index in [-0.39, 0.29) is 5.75 Å². The van der Waals surface area contributed by atoms with Crippen LogP contribution in [-0.2, 0) is 7.05 Å². The lowest BCUT2D eigenvalue weighted by Crippen LogP contribution is -2.09. The van der Waals surface area contributed by atoms with Gasteiger partial charge in [0, 0.05) is 12.6 Å². The van der Waals surface area contributed by atoms with Crippen LogP contribution in [0.3, 0.4) is 0 Å². The summed E-state index contributed by atoms with van der Waals surface area (Å²) in [6.07, 6.45) is 3.22. The Morgan fingerprint density at radius 1 is 1.13 bits per heavy atom. The highest BCUT2D eigenvalue weighted by atomic mass is 16.4. The van der Waals surface area contributed by atoms with E-state index in [1.54, 1.807) is 23.0 Å². The highest BCUT2D eigenvalue weighted by Gasteiger charge is 2.18. The van der Waals surface area contributed by atoms with E-state index in [1.165, 1.54) is 6.21 Å². The van der Waals surface area contributed by atoms with Gasteiger partial charge in [0.15, 0.2) is 0 Å². The number of hydrogen-bond donors (Lipinski definition) is 2. The number of phenolic OH excluding ortho intramolecular Hbond substituents is 1. The number of hydrogen-bond acceptors (Lipinski definition) is 4. The maximum atomic E-state index is 9.51. The molecule has 0 bridgehead atoms. The van der Waals surface area contributed by atoms with Crippen LogP contribution in [0, 0.1) is 13.8 Å². The van der Waals surface area contributed by atoms with E-state index in [4.69, 9.17) is 5.21 Å². The predicted octanol–water partition coefficient (Wildman–Crippen LogP) is 3.01. The topological polar surface area (TPSA) is 75.6 Å². The van der Waals surface area contributed by atoms with Crippen molar-refractivity contribution in [1.29, 1.82) is 0 Å². The highest BCUT2D eigenvalue weighted by molar-refractivity contribution is 5.84. The van der Waals surface area contributed by atoms with Gasteiger partial charge in [-0.2, -0.15) is 5.10 Å². The Morgan fingerprint density at radius 3 is 2.39 bits per heavy atom. The summed E-state index contributed by atoms with van der Waals surface area (Å²) in [5.41, 5.74) is 4.65. The number of phenols is 1. The fourth-order valence-electron chi connectivity index (χ4n) is 2.80. The summed E-state index contributed by atoms with van der Waals surface area (Å²) >= 11 is 0. The van der Waals surface area contributed by atoms with E-state index in [2.05, 4.69) is 10.3 Å². The molecule has 0 aliphatic carbocycles. The molecule has 1 aromatic carbocycles. The molecule has 0 aliphatic heterocycles. The largest absolute Gasteiger partial charge is 0.508 e. The second-order valence-electron chi connectivity index (χ2n) is 5.50. The Hall–Kier alpha value is -3.02. The fourth-order valence-corrected chi connectivity index (χ4v) is 2.80. The highest BCUT2D eigenvalue weighted by Crippen LogP contribution is 2.30. The van der Waals surface area contributed by atoms with Crippen LogP contribution < -0.4 is 0 Å². The molecule has 23 heavy (non-hydrogen) atoms. The second kappa shape index (κ2) is 5.64. The van der Waals surface area contributed by atoms with E-state index in [0.29, 0.717) is 0 Å². The van der Waals surface area contributed by atoms with E-state index < -0.39 is 0 Å². The molecule has 6 nitrogen and oxygen atoms in total. The van der Waals surface area contributed by atoms with E-state index in [9.17, 15) is 5.11 Å². The van der Waals surface area contributed by atoms with Crippen LogP contribution in [0.4, 0.5) is 0 Å². The van der Waals surface area contributed by atoms with Gasteiger partial charge in [0.25, 0.3) is 0 Å². The van der Waals surface area contributed by atoms with Crippen LogP contribution in [0.2, 0.25) is 0 Å². The molecule has 2 heterocycles. The number of rotatable bonds is 3. The molecule has 3 rings (SSSR count). The molecule has 118 valence electrons. The molecule has 6 heteroatoms. The predicted molar refractivity (Wildman–Crippen MR) is 88.5 cm³/mol. The van der Waals surface area contributed by atoms with Crippen LogP contribution in [0.1, 0.15) is 16.8 Å². The Bertz CT molecular complexity index is 853. The van der Waals surface area contributed by atoms with Crippen molar-refractivity contribution in [2.24, 2.45) is 12.2 Å². The first-order valence-corrected chi connectivity index (χ1v) is 7.21. The molecule has 0 unspecified atom stereocenters.